The number of methoxy groups -OCH3 is 1. The Kier molecular flexibility index (Phi) is 4.60. The van der Waals surface area contributed by atoms with Crippen molar-refractivity contribution < 1.29 is 14.3 Å². The number of hydrogen-bond donors (Lipinski definition) is 1. The lowest BCUT2D eigenvalue weighted by Gasteiger charge is -2.43. The summed E-state index contributed by atoms with van der Waals surface area (Å²) in [6, 6.07) is 10.1. The molecule has 4 heteroatoms. The number of allylic oxidation sites excluding steroid dienone is 2. The molecule has 2 bridgehead atoms. The van der Waals surface area contributed by atoms with Crippen molar-refractivity contribution in [3.63, 3.8) is 0 Å². The lowest BCUT2D eigenvalue weighted by Crippen LogP contribution is -2.61. The van der Waals surface area contributed by atoms with E-state index in [1.165, 1.54) is 7.11 Å². The van der Waals surface area contributed by atoms with Crippen LogP contribution in [-0.4, -0.2) is 24.5 Å². The average molecular weight is 353 g/mol. The standard InChI is InChI=1S/C22H27NO3/c1-26-21(25)22(23-20(24)18-14-15-10-11-17(18)13-15)12-6-5-9-19(22)16-7-3-2-4-8-16/h2-4,7-8,10-11,15,17-19H,5-6,9,12-14H2,1H3,(H,23,24)/t15-,17+,18-,19-,22-/m1/s1. The summed E-state index contributed by atoms with van der Waals surface area (Å²) < 4.78 is 5.20. The number of ether oxygens (including phenoxy) is 1. The summed E-state index contributed by atoms with van der Waals surface area (Å²) in [5, 5.41) is 3.21. The van der Waals surface area contributed by atoms with Crippen LogP contribution in [0.2, 0.25) is 0 Å². The number of rotatable bonds is 4. The Hall–Kier alpha value is -2.10. The van der Waals surface area contributed by atoms with Crippen molar-refractivity contribution in [3.8, 4) is 0 Å². The van der Waals surface area contributed by atoms with Gasteiger partial charge in [-0.15, -0.1) is 0 Å². The second kappa shape index (κ2) is 6.90. The zero-order valence-electron chi connectivity index (χ0n) is 15.3. The molecule has 3 aliphatic carbocycles. The summed E-state index contributed by atoms with van der Waals surface area (Å²) in [6.07, 6.45) is 9.90. The summed E-state index contributed by atoms with van der Waals surface area (Å²) in [6.45, 7) is 0. The first kappa shape index (κ1) is 17.3. The fourth-order valence-electron chi connectivity index (χ4n) is 5.33. The fraction of sp³-hybridized carbons (Fsp3) is 0.545. The van der Waals surface area contributed by atoms with E-state index >= 15 is 0 Å². The average Bonchev–Trinajstić information content (AvgIpc) is 3.32. The second-order valence-electron chi connectivity index (χ2n) is 8.05. The van der Waals surface area contributed by atoms with Gasteiger partial charge in [-0.1, -0.05) is 55.3 Å². The van der Waals surface area contributed by atoms with Gasteiger partial charge >= 0.3 is 5.97 Å². The molecule has 0 unspecified atom stereocenters. The summed E-state index contributed by atoms with van der Waals surface area (Å²) in [5.41, 5.74) is 0.155. The molecule has 2 saturated carbocycles. The van der Waals surface area contributed by atoms with Gasteiger partial charge in [0, 0.05) is 11.8 Å². The summed E-state index contributed by atoms with van der Waals surface area (Å²) in [7, 11) is 1.42. The first-order chi connectivity index (χ1) is 12.6. The molecule has 5 atom stereocenters. The van der Waals surface area contributed by atoms with E-state index in [9.17, 15) is 9.59 Å². The number of carbonyl (C=O) groups excluding carboxylic acids is 2. The van der Waals surface area contributed by atoms with Crippen LogP contribution in [0.4, 0.5) is 0 Å². The van der Waals surface area contributed by atoms with Crippen molar-refractivity contribution >= 4 is 11.9 Å². The van der Waals surface area contributed by atoms with Crippen molar-refractivity contribution in [1.82, 2.24) is 5.32 Å². The highest BCUT2D eigenvalue weighted by Crippen LogP contribution is 2.46. The molecule has 2 fully saturated rings. The minimum Gasteiger partial charge on any atom is -0.467 e. The van der Waals surface area contributed by atoms with Gasteiger partial charge < -0.3 is 10.1 Å². The van der Waals surface area contributed by atoms with Crippen LogP contribution in [0.25, 0.3) is 0 Å². The molecule has 0 radical (unpaired) electrons. The highest BCUT2D eigenvalue weighted by molar-refractivity contribution is 5.90. The molecule has 4 nitrogen and oxygen atoms in total. The minimum atomic E-state index is -0.947. The molecular weight excluding hydrogens is 326 g/mol. The van der Waals surface area contributed by atoms with Gasteiger partial charge in [0.25, 0.3) is 0 Å². The van der Waals surface area contributed by atoms with E-state index in [1.807, 2.05) is 18.2 Å². The Morgan fingerprint density at radius 1 is 1.12 bits per heavy atom. The maximum atomic E-state index is 13.2. The SMILES string of the molecule is COC(=O)[C@@]1(NC(=O)[C@@H]2C[C@@H]3C=C[C@H]2C3)CCCC[C@@H]1c1ccccc1. The third-order valence-electron chi connectivity index (χ3n) is 6.62. The molecule has 3 aliphatic rings. The van der Waals surface area contributed by atoms with Crippen molar-refractivity contribution in [1.29, 1.82) is 0 Å². The van der Waals surface area contributed by atoms with E-state index in [-0.39, 0.29) is 23.7 Å². The molecule has 0 aliphatic heterocycles. The lowest BCUT2D eigenvalue weighted by molar-refractivity contribution is -0.154. The summed E-state index contributed by atoms with van der Waals surface area (Å²) in [5.74, 6) is 0.524. The van der Waals surface area contributed by atoms with Crippen LogP contribution in [0.3, 0.4) is 0 Å². The van der Waals surface area contributed by atoms with Crippen LogP contribution in [-0.2, 0) is 14.3 Å². The second-order valence-corrected chi connectivity index (χ2v) is 8.05. The van der Waals surface area contributed by atoms with Crippen molar-refractivity contribution in [2.75, 3.05) is 7.11 Å². The van der Waals surface area contributed by atoms with Crippen molar-refractivity contribution in [2.24, 2.45) is 17.8 Å². The van der Waals surface area contributed by atoms with Gasteiger partial charge in [0.2, 0.25) is 5.91 Å². The number of hydrogen-bond acceptors (Lipinski definition) is 3. The normalized spacial score (nSPS) is 35.3. The number of esters is 1. The van der Waals surface area contributed by atoms with E-state index in [0.29, 0.717) is 18.3 Å². The van der Waals surface area contributed by atoms with Crippen molar-refractivity contribution in [2.45, 2.75) is 50.0 Å². The highest BCUT2D eigenvalue weighted by atomic mass is 16.5. The predicted octanol–water partition coefficient (Wildman–Crippen LogP) is 3.58. The molecule has 26 heavy (non-hydrogen) atoms. The highest BCUT2D eigenvalue weighted by Gasteiger charge is 2.51. The Bertz CT molecular complexity index is 713. The van der Waals surface area contributed by atoms with Crippen LogP contribution in [0.5, 0.6) is 0 Å². The predicted molar refractivity (Wildman–Crippen MR) is 99.4 cm³/mol. The molecular formula is C22H27NO3. The number of nitrogens with one attached hydrogen (secondary N) is 1. The molecule has 1 aromatic carbocycles. The van der Waals surface area contributed by atoms with Gasteiger partial charge in [0.1, 0.15) is 5.54 Å². The lowest BCUT2D eigenvalue weighted by atomic mass is 9.69. The van der Waals surface area contributed by atoms with E-state index in [1.54, 1.807) is 0 Å². The fourth-order valence-corrected chi connectivity index (χ4v) is 5.33. The van der Waals surface area contributed by atoms with Gasteiger partial charge in [-0.25, -0.2) is 4.79 Å². The maximum absolute atomic E-state index is 13.2. The topological polar surface area (TPSA) is 55.4 Å². The van der Waals surface area contributed by atoms with E-state index in [4.69, 9.17) is 4.74 Å². The largest absolute Gasteiger partial charge is 0.467 e. The molecule has 138 valence electrons. The monoisotopic (exact) mass is 353 g/mol. The number of amides is 1. The Labute approximate surface area is 155 Å². The molecule has 0 heterocycles. The van der Waals surface area contributed by atoms with Crippen LogP contribution in [0.1, 0.15) is 50.0 Å². The zero-order chi connectivity index (χ0) is 18.1. The number of benzene rings is 1. The molecule has 4 rings (SSSR count). The van der Waals surface area contributed by atoms with E-state index < -0.39 is 5.54 Å². The molecule has 1 amide bonds. The first-order valence-electron chi connectivity index (χ1n) is 9.78. The van der Waals surface area contributed by atoms with Crippen LogP contribution in [0, 0.1) is 17.8 Å². The third kappa shape index (κ3) is 2.85. The number of fused-ring (bicyclic) bond motifs is 2. The number of carbonyl (C=O) groups is 2. The van der Waals surface area contributed by atoms with E-state index in [0.717, 1.165) is 37.7 Å². The minimum absolute atomic E-state index is 0.00937. The Morgan fingerprint density at radius 2 is 1.92 bits per heavy atom. The summed E-state index contributed by atoms with van der Waals surface area (Å²) in [4.78, 5) is 26.1. The van der Waals surface area contributed by atoms with Crippen LogP contribution >= 0.6 is 0 Å². The van der Waals surface area contributed by atoms with Gasteiger partial charge in [-0.2, -0.15) is 0 Å². The first-order valence-corrected chi connectivity index (χ1v) is 9.78. The van der Waals surface area contributed by atoms with Gasteiger partial charge in [-0.05, 0) is 43.1 Å². The Balaban J connectivity index is 1.64. The third-order valence-corrected chi connectivity index (χ3v) is 6.62. The molecule has 1 aromatic rings. The van der Waals surface area contributed by atoms with E-state index in [2.05, 4.69) is 29.6 Å². The van der Waals surface area contributed by atoms with Gasteiger partial charge in [0.15, 0.2) is 0 Å². The molecule has 1 N–H and O–H groups in total. The van der Waals surface area contributed by atoms with Gasteiger partial charge in [0.05, 0.1) is 7.11 Å². The smallest absolute Gasteiger partial charge is 0.332 e. The quantitative estimate of drug-likeness (QED) is 0.665. The van der Waals surface area contributed by atoms with Crippen molar-refractivity contribution in [3.05, 3.63) is 48.0 Å². The Morgan fingerprint density at radius 3 is 2.58 bits per heavy atom. The zero-order valence-corrected chi connectivity index (χ0v) is 15.3. The molecule has 0 saturated heterocycles. The van der Waals surface area contributed by atoms with Crippen LogP contribution < -0.4 is 5.32 Å². The van der Waals surface area contributed by atoms with Gasteiger partial charge in [-0.3, -0.25) is 4.79 Å². The molecule has 0 aromatic heterocycles. The summed E-state index contributed by atoms with van der Waals surface area (Å²) >= 11 is 0. The van der Waals surface area contributed by atoms with Crippen LogP contribution in [0.15, 0.2) is 42.5 Å². The molecule has 0 spiro atoms. The maximum Gasteiger partial charge on any atom is 0.332 e.